The van der Waals surface area contributed by atoms with Crippen LogP contribution in [0.4, 0.5) is 0 Å². The number of aryl methyl sites for hydroxylation is 1. The summed E-state index contributed by atoms with van der Waals surface area (Å²) in [6, 6.07) is -0.529. The van der Waals surface area contributed by atoms with Gasteiger partial charge in [-0.05, 0) is 6.42 Å². The molecule has 1 atom stereocenters. The second-order valence-electron chi connectivity index (χ2n) is 2.94. The van der Waals surface area contributed by atoms with E-state index < -0.39 is 6.04 Å². The van der Waals surface area contributed by atoms with Gasteiger partial charge in [-0.25, -0.2) is 0 Å². The van der Waals surface area contributed by atoms with E-state index in [2.05, 4.69) is 17.1 Å². The average Bonchev–Trinajstić information content (AvgIpc) is 2.62. The highest BCUT2D eigenvalue weighted by atomic mass is 16.5. The van der Waals surface area contributed by atoms with Gasteiger partial charge in [0.2, 0.25) is 5.89 Å². The van der Waals surface area contributed by atoms with E-state index >= 15 is 0 Å². The molecule has 0 aliphatic heterocycles. The summed E-state index contributed by atoms with van der Waals surface area (Å²) in [7, 11) is 0. The number of rotatable bonds is 5. The van der Waals surface area contributed by atoms with Crippen LogP contribution in [0.3, 0.4) is 0 Å². The number of nitrogens with zero attached hydrogens (tertiary/aromatic N) is 2. The largest absolute Gasteiger partial charge is 0.394 e. The Morgan fingerprint density at radius 1 is 1.62 bits per heavy atom. The van der Waals surface area contributed by atoms with E-state index in [1.54, 1.807) is 0 Å². The van der Waals surface area contributed by atoms with Gasteiger partial charge in [0.05, 0.1) is 12.6 Å². The van der Waals surface area contributed by atoms with Crippen molar-refractivity contribution in [2.45, 2.75) is 32.2 Å². The molecule has 0 saturated carbocycles. The standard InChI is InChI=1S/C8H15N3O2/c1-2-3-4-7-10-8(11-13-7)6(9)5-12/h6,12H,2-5,9H2,1H3. The first-order chi connectivity index (χ1) is 6.27. The summed E-state index contributed by atoms with van der Waals surface area (Å²) >= 11 is 0. The molecular formula is C8H15N3O2. The van der Waals surface area contributed by atoms with Crippen LogP contribution in [-0.2, 0) is 6.42 Å². The van der Waals surface area contributed by atoms with Crippen LogP contribution in [-0.4, -0.2) is 21.9 Å². The summed E-state index contributed by atoms with van der Waals surface area (Å²) in [5, 5.41) is 12.4. The minimum Gasteiger partial charge on any atom is -0.394 e. The quantitative estimate of drug-likeness (QED) is 0.693. The van der Waals surface area contributed by atoms with E-state index in [-0.39, 0.29) is 6.61 Å². The van der Waals surface area contributed by atoms with Crippen LogP contribution in [0.1, 0.15) is 37.5 Å². The van der Waals surface area contributed by atoms with Crippen molar-refractivity contribution in [3.8, 4) is 0 Å². The maximum atomic E-state index is 8.73. The molecule has 1 heterocycles. The molecule has 0 fully saturated rings. The number of aliphatic hydroxyl groups excluding tert-OH is 1. The Bertz CT molecular complexity index is 249. The second-order valence-corrected chi connectivity index (χ2v) is 2.94. The Kier molecular flexibility index (Phi) is 3.85. The molecule has 1 aromatic rings. The fourth-order valence-corrected chi connectivity index (χ4v) is 0.930. The molecule has 1 aromatic heterocycles. The van der Waals surface area contributed by atoms with Gasteiger partial charge in [-0.2, -0.15) is 4.98 Å². The molecule has 5 heteroatoms. The number of aliphatic hydroxyl groups is 1. The van der Waals surface area contributed by atoms with Crippen molar-refractivity contribution in [2.24, 2.45) is 5.73 Å². The molecule has 0 bridgehead atoms. The highest BCUT2D eigenvalue weighted by Gasteiger charge is 2.12. The molecule has 0 radical (unpaired) electrons. The van der Waals surface area contributed by atoms with Crippen molar-refractivity contribution in [2.75, 3.05) is 6.61 Å². The number of nitrogens with two attached hydrogens (primary N) is 1. The Balaban J connectivity index is 2.53. The first-order valence-electron chi connectivity index (χ1n) is 4.46. The predicted molar refractivity (Wildman–Crippen MR) is 46.9 cm³/mol. The number of hydrogen-bond donors (Lipinski definition) is 2. The van der Waals surface area contributed by atoms with Crippen molar-refractivity contribution in [1.29, 1.82) is 0 Å². The predicted octanol–water partition coefficient (Wildman–Crippen LogP) is 0.404. The van der Waals surface area contributed by atoms with Gasteiger partial charge in [0.25, 0.3) is 0 Å². The summed E-state index contributed by atoms with van der Waals surface area (Å²) in [4.78, 5) is 4.06. The first-order valence-corrected chi connectivity index (χ1v) is 4.46. The van der Waals surface area contributed by atoms with Crippen molar-refractivity contribution in [3.63, 3.8) is 0 Å². The third-order valence-corrected chi connectivity index (χ3v) is 1.76. The zero-order chi connectivity index (χ0) is 9.68. The lowest BCUT2D eigenvalue weighted by Crippen LogP contribution is -2.16. The van der Waals surface area contributed by atoms with Crippen LogP contribution >= 0.6 is 0 Å². The summed E-state index contributed by atoms with van der Waals surface area (Å²) in [6.07, 6.45) is 2.89. The van der Waals surface area contributed by atoms with Crippen LogP contribution in [0.15, 0.2) is 4.52 Å². The number of hydrogen-bond acceptors (Lipinski definition) is 5. The first kappa shape index (κ1) is 10.1. The Morgan fingerprint density at radius 2 is 2.38 bits per heavy atom. The van der Waals surface area contributed by atoms with Crippen molar-refractivity contribution >= 4 is 0 Å². The normalized spacial score (nSPS) is 13.2. The minimum atomic E-state index is -0.529. The van der Waals surface area contributed by atoms with E-state index in [0.29, 0.717) is 11.7 Å². The third kappa shape index (κ3) is 2.78. The Morgan fingerprint density at radius 3 is 3.00 bits per heavy atom. The lowest BCUT2D eigenvalue weighted by molar-refractivity contribution is 0.259. The summed E-state index contributed by atoms with van der Waals surface area (Å²) < 4.78 is 4.94. The zero-order valence-corrected chi connectivity index (χ0v) is 7.73. The van der Waals surface area contributed by atoms with Crippen LogP contribution in [0.2, 0.25) is 0 Å². The molecular weight excluding hydrogens is 170 g/mol. The maximum absolute atomic E-state index is 8.73. The Hall–Kier alpha value is -0.940. The lowest BCUT2D eigenvalue weighted by atomic mass is 10.2. The van der Waals surface area contributed by atoms with Crippen LogP contribution in [0.5, 0.6) is 0 Å². The van der Waals surface area contributed by atoms with E-state index in [4.69, 9.17) is 15.4 Å². The fourth-order valence-electron chi connectivity index (χ4n) is 0.930. The molecule has 1 unspecified atom stereocenters. The molecule has 13 heavy (non-hydrogen) atoms. The molecule has 5 nitrogen and oxygen atoms in total. The molecule has 0 amide bonds. The highest BCUT2D eigenvalue weighted by molar-refractivity contribution is 4.92. The zero-order valence-electron chi connectivity index (χ0n) is 7.73. The minimum absolute atomic E-state index is 0.160. The number of unbranched alkanes of at least 4 members (excludes halogenated alkanes) is 1. The summed E-state index contributed by atoms with van der Waals surface area (Å²) in [6.45, 7) is 1.93. The second kappa shape index (κ2) is 4.94. The van der Waals surface area contributed by atoms with Gasteiger partial charge in [-0.15, -0.1) is 0 Å². The molecule has 0 aliphatic rings. The van der Waals surface area contributed by atoms with E-state index in [0.717, 1.165) is 19.3 Å². The lowest BCUT2D eigenvalue weighted by Gasteiger charge is -1.98. The van der Waals surface area contributed by atoms with Crippen molar-refractivity contribution in [1.82, 2.24) is 10.1 Å². The third-order valence-electron chi connectivity index (χ3n) is 1.76. The Labute approximate surface area is 76.9 Å². The van der Waals surface area contributed by atoms with Gasteiger partial charge in [0.1, 0.15) is 0 Å². The summed E-state index contributed by atoms with van der Waals surface area (Å²) in [5.74, 6) is 0.981. The van der Waals surface area contributed by atoms with Crippen molar-refractivity contribution in [3.05, 3.63) is 11.7 Å². The van der Waals surface area contributed by atoms with E-state index in [9.17, 15) is 0 Å². The molecule has 0 saturated heterocycles. The van der Waals surface area contributed by atoms with Gasteiger partial charge in [0.15, 0.2) is 5.82 Å². The average molecular weight is 185 g/mol. The molecule has 74 valence electrons. The molecule has 0 aromatic carbocycles. The van der Waals surface area contributed by atoms with Crippen LogP contribution < -0.4 is 5.73 Å². The summed E-state index contributed by atoms with van der Waals surface area (Å²) in [5.41, 5.74) is 5.50. The van der Waals surface area contributed by atoms with E-state index in [1.807, 2.05) is 0 Å². The van der Waals surface area contributed by atoms with Gasteiger partial charge < -0.3 is 15.4 Å². The molecule has 1 rings (SSSR count). The van der Waals surface area contributed by atoms with Gasteiger partial charge in [-0.1, -0.05) is 18.5 Å². The monoisotopic (exact) mass is 185 g/mol. The molecule has 0 aliphatic carbocycles. The van der Waals surface area contributed by atoms with Gasteiger partial charge in [0, 0.05) is 6.42 Å². The highest BCUT2D eigenvalue weighted by Crippen LogP contribution is 2.07. The van der Waals surface area contributed by atoms with Gasteiger partial charge in [-0.3, -0.25) is 0 Å². The topological polar surface area (TPSA) is 85.2 Å². The van der Waals surface area contributed by atoms with Crippen LogP contribution in [0, 0.1) is 0 Å². The number of aromatic nitrogens is 2. The van der Waals surface area contributed by atoms with Crippen LogP contribution in [0.25, 0.3) is 0 Å². The van der Waals surface area contributed by atoms with E-state index in [1.165, 1.54) is 0 Å². The maximum Gasteiger partial charge on any atom is 0.226 e. The smallest absolute Gasteiger partial charge is 0.226 e. The fraction of sp³-hybridized carbons (Fsp3) is 0.750. The molecule has 3 N–H and O–H groups in total. The van der Waals surface area contributed by atoms with Crippen molar-refractivity contribution < 1.29 is 9.63 Å². The van der Waals surface area contributed by atoms with Gasteiger partial charge >= 0.3 is 0 Å². The SMILES string of the molecule is CCCCc1nc(C(N)CO)no1. The molecule has 0 spiro atoms.